The Morgan fingerprint density at radius 1 is 0.655 bits per heavy atom. The summed E-state index contributed by atoms with van der Waals surface area (Å²) in [7, 11) is 9.87. The second-order valence-corrected chi connectivity index (χ2v) is 24.3. The molecule has 0 heterocycles. The number of thioether (sulfide) groups is 2. The van der Waals surface area contributed by atoms with Gasteiger partial charge in [-0.25, -0.2) is 0 Å². The zero-order valence-electron chi connectivity index (χ0n) is 33.6. The van der Waals surface area contributed by atoms with Crippen LogP contribution in [-0.2, 0) is 53.1 Å². The molecule has 306 valence electrons. The van der Waals surface area contributed by atoms with Crippen molar-refractivity contribution < 1.29 is 50.1 Å². The summed E-state index contributed by atoms with van der Waals surface area (Å²) in [5.74, 6) is 0.754. The minimum absolute atomic E-state index is 0.0280. The van der Waals surface area contributed by atoms with Gasteiger partial charge in [-0.1, -0.05) is 115 Å². The summed E-state index contributed by atoms with van der Waals surface area (Å²) in [4.78, 5) is 26.9. The van der Waals surface area contributed by atoms with Gasteiger partial charge in [0.15, 0.2) is 0 Å². The number of aliphatic hydroxyl groups is 2. The van der Waals surface area contributed by atoms with Crippen LogP contribution in [0.15, 0.2) is 60.7 Å². The van der Waals surface area contributed by atoms with Crippen molar-refractivity contribution in [1.29, 1.82) is 0 Å². The number of halogens is 2. The van der Waals surface area contributed by atoms with E-state index in [2.05, 4.69) is 41.5 Å². The van der Waals surface area contributed by atoms with E-state index in [1.807, 2.05) is 84.2 Å². The molecule has 0 saturated heterocycles. The van der Waals surface area contributed by atoms with Gasteiger partial charge in [-0.15, -0.1) is 0 Å². The van der Waals surface area contributed by atoms with Crippen molar-refractivity contribution in [3.05, 3.63) is 71.8 Å². The Hall–Kier alpha value is -0.537. The van der Waals surface area contributed by atoms with Crippen LogP contribution in [0.1, 0.15) is 104 Å². The van der Waals surface area contributed by atoms with E-state index in [4.69, 9.17) is 26.5 Å². The van der Waals surface area contributed by atoms with Crippen molar-refractivity contribution >= 4 is 52.5 Å². The molecule has 5 rings (SSSR count). The molecular weight excluding hydrogens is 851 g/mol. The van der Waals surface area contributed by atoms with Gasteiger partial charge in [0.1, 0.15) is 13.2 Å². The maximum absolute atomic E-state index is 13.4. The molecule has 0 amide bonds. The fourth-order valence-corrected chi connectivity index (χ4v) is 12.1. The molecule has 6 nitrogen and oxygen atoms in total. The fourth-order valence-electron chi connectivity index (χ4n) is 8.58. The van der Waals surface area contributed by atoms with E-state index in [1.165, 1.54) is 12.8 Å². The van der Waals surface area contributed by atoms with E-state index in [0.29, 0.717) is 35.2 Å². The van der Waals surface area contributed by atoms with Crippen LogP contribution in [0.2, 0.25) is 0 Å². The Labute approximate surface area is 358 Å². The van der Waals surface area contributed by atoms with Gasteiger partial charge in [0.25, 0.3) is 0 Å². The first-order valence-corrected chi connectivity index (χ1v) is 28.5. The molecule has 3 aliphatic carbocycles. The van der Waals surface area contributed by atoms with Gasteiger partial charge in [-0.05, 0) is 95.7 Å². The molecular formula is C44H64Cl2O6S2Zr. The van der Waals surface area contributed by atoms with Gasteiger partial charge in [0.2, 0.25) is 0 Å². The molecule has 2 aromatic rings. The first kappa shape index (κ1) is 47.1. The van der Waals surface area contributed by atoms with Gasteiger partial charge >= 0.3 is 49.8 Å². The Morgan fingerprint density at radius 2 is 1.00 bits per heavy atom. The van der Waals surface area contributed by atoms with Gasteiger partial charge in [-0.2, -0.15) is 23.5 Å². The molecule has 3 saturated carbocycles. The summed E-state index contributed by atoms with van der Waals surface area (Å²) in [6.07, 6.45) is 6.39. The van der Waals surface area contributed by atoms with E-state index in [1.54, 1.807) is 0 Å². The topological polar surface area (TPSA) is 93.1 Å². The molecule has 0 aliphatic heterocycles. The molecule has 0 radical (unpaired) electrons. The zero-order chi connectivity index (χ0) is 40.2. The Balaban J connectivity index is 0.00000217. The maximum atomic E-state index is 13.4. The predicted octanol–water partition coefficient (Wildman–Crippen LogP) is 10.7. The number of carbonyl (C=O) groups is 2. The molecule has 0 aromatic heterocycles. The van der Waals surface area contributed by atoms with Crippen LogP contribution in [0.5, 0.6) is 0 Å². The van der Waals surface area contributed by atoms with E-state index >= 15 is 0 Å². The number of hydrogen-bond acceptors (Lipinski definition) is 8. The summed E-state index contributed by atoms with van der Waals surface area (Å²) in [5, 5.41) is 24.2. The standard InChI is InChI=1S/C44H64O6S2.2ClH.Zr/c1-43(2,3)33-21-31(39(45)35(23-33)41(47)49-25-29-15-9-7-10-16-29)27-51-37-19-13-14-20-38(37)52-28-32-22-34(44(4,5)6)24-36(40(32)46)42(48)50-26-30-17-11-8-12-18-30;;;/h7-12,15-18,31-40,45-46H,13-14,19-28H2,1-6H3;2*1H;/q;;;+2/p-2. The van der Waals surface area contributed by atoms with Crippen molar-refractivity contribution in [3.63, 3.8) is 0 Å². The average Bonchev–Trinajstić information content (AvgIpc) is 3.15. The first-order chi connectivity index (χ1) is 26.1. The summed E-state index contributed by atoms with van der Waals surface area (Å²) in [5.41, 5.74) is 1.97. The SMILES string of the molecule is CC(C)(C)C1CC(CSC2CCCCC2SCC2CC(C(C)(C)C)CC(C(=O)OCc3ccccc3)C2O)C(O)C(C(=O)OCc2ccccc2)C1.[Cl][Zr][Cl]. The molecule has 55 heavy (non-hydrogen) atoms. The molecule has 10 unspecified atom stereocenters. The Bertz CT molecular complexity index is 1330. The number of benzene rings is 2. The van der Waals surface area contributed by atoms with Crippen molar-refractivity contribution in [1.82, 2.24) is 0 Å². The molecule has 2 N–H and O–H groups in total. The first-order valence-electron chi connectivity index (χ1n) is 20.1. The van der Waals surface area contributed by atoms with Crippen LogP contribution in [0.4, 0.5) is 0 Å². The monoisotopic (exact) mass is 912 g/mol. The number of ether oxygens (including phenoxy) is 2. The van der Waals surface area contributed by atoms with Crippen molar-refractivity contribution in [2.45, 2.75) is 129 Å². The van der Waals surface area contributed by atoms with E-state index in [0.717, 1.165) is 48.3 Å². The zero-order valence-corrected chi connectivity index (χ0v) is 39.2. The van der Waals surface area contributed by atoms with Crippen LogP contribution in [0.3, 0.4) is 0 Å². The number of hydrogen-bond donors (Lipinski definition) is 2. The molecule has 0 spiro atoms. The summed E-state index contributed by atoms with van der Waals surface area (Å²) in [6, 6.07) is 19.5. The third-order valence-electron chi connectivity index (χ3n) is 12.2. The van der Waals surface area contributed by atoms with Crippen LogP contribution in [0, 0.1) is 46.3 Å². The molecule has 3 fully saturated rings. The Morgan fingerprint density at radius 3 is 1.33 bits per heavy atom. The van der Waals surface area contributed by atoms with Gasteiger partial charge < -0.3 is 19.7 Å². The number of esters is 2. The second-order valence-electron chi connectivity index (χ2n) is 18.1. The van der Waals surface area contributed by atoms with Crippen LogP contribution >= 0.6 is 40.5 Å². The predicted molar refractivity (Wildman–Crippen MR) is 225 cm³/mol. The van der Waals surface area contributed by atoms with Crippen molar-refractivity contribution in [2.75, 3.05) is 11.5 Å². The third kappa shape index (κ3) is 14.6. The molecule has 2 aromatic carbocycles. The third-order valence-corrected chi connectivity index (χ3v) is 15.6. The normalized spacial score (nSPS) is 30.0. The molecule has 3 aliphatic rings. The van der Waals surface area contributed by atoms with Crippen LogP contribution in [-0.4, -0.2) is 56.4 Å². The summed E-state index contributed by atoms with van der Waals surface area (Å²) < 4.78 is 11.6. The quantitative estimate of drug-likeness (QED) is 0.204. The van der Waals surface area contributed by atoms with Crippen molar-refractivity contribution in [3.8, 4) is 0 Å². The van der Waals surface area contributed by atoms with E-state index in [9.17, 15) is 19.8 Å². The summed E-state index contributed by atoms with van der Waals surface area (Å²) >= 11 is 3.14. The number of rotatable bonds is 12. The number of carbonyl (C=O) groups excluding carboxylic acids is 2. The average molecular weight is 915 g/mol. The van der Waals surface area contributed by atoms with Gasteiger partial charge in [0.05, 0.1) is 24.0 Å². The minimum atomic E-state index is -0.826. The summed E-state index contributed by atoms with van der Waals surface area (Å²) in [6.45, 7) is 13.9. The number of aliphatic hydroxyl groups excluding tert-OH is 2. The van der Waals surface area contributed by atoms with Crippen LogP contribution in [0.25, 0.3) is 0 Å². The van der Waals surface area contributed by atoms with Crippen LogP contribution < -0.4 is 0 Å². The second kappa shape index (κ2) is 22.7. The molecule has 10 atom stereocenters. The van der Waals surface area contributed by atoms with Gasteiger partial charge in [-0.3, -0.25) is 9.59 Å². The van der Waals surface area contributed by atoms with Gasteiger partial charge in [0, 0.05) is 10.5 Å². The fraction of sp³-hybridized carbons (Fsp3) is 0.682. The van der Waals surface area contributed by atoms with Crippen molar-refractivity contribution in [2.24, 2.45) is 46.3 Å². The molecule has 0 bridgehead atoms. The Kier molecular flexibility index (Phi) is 19.5. The molecule has 11 heteroatoms. The van der Waals surface area contributed by atoms with E-state index in [-0.39, 0.29) is 47.8 Å². The van der Waals surface area contributed by atoms with E-state index < -0.39 is 44.9 Å².